The Hall–Kier alpha value is -1.63. The monoisotopic (exact) mass is 226 g/mol. The summed E-state index contributed by atoms with van der Waals surface area (Å²) in [6, 6.07) is 0. The average Bonchev–Trinajstić information content (AvgIpc) is 2.23. The van der Waals surface area contributed by atoms with Gasteiger partial charge in [-0.05, 0) is 6.42 Å². The molecular formula is C9H18N6O. The zero-order valence-electron chi connectivity index (χ0n) is 9.43. The summed E-state index contributed by atoms with van der Waals surface area (Å²) in [5.74, 6) is 0.455. The molecule has 1 heterocycles. The van der Waals surface area contributed by atoms with E-state index in [1.807, 2.05) is 0 Å². The van der Waals surface area contributed by atoms with Gasteiger partial charge in [0.05, 0.1) is 0 Å². The maximum atomic E-state index is 9.20. The van der Waals surface area contributed by atoms with Gasteiger partial charge in [-0.3, -0.25) is 0 Å². The van der Waals surface area contributed by atoms with Gasteiger partial charge in [-0.15, -0.1) is 0 Å². The van der Waals surface area contributed by atoms with Crippen LogP contribution >= 0.6 is 0 Å². The highest BCUT2D eigenvalue weighted by Crippen LogP contribution is 2.10. The average molecular weight is 226 g/mol. The summed E-state index contributed by atoms with van der Waals surface area (Å²) in [4.78, 5) is 13.1. The molecule has 0 radical (unpaired) electrons. The Morgan fingerprint density at radius 1 is 1.12 bits per heavy atom. The molecule has 0 aliphatic heterocycles. The number of aliphatic hydroxyl groups excluding tert-OH is 1. The summed E-state index contributed by atoms with van der Waals surface area (Å²) in [5.41, 5.74) is 10.9. The van der Waals surface area contributed by atoms with Crippen molar-refractivity contribution in [1.82, 2.24) is 15.0 Å². The number of aromatic nitrogens is 3. The summed E-state index contributed by atoms with van der Waals surface area (Å²) >= 11 is 0. The number of aliphatic hydroxyl groups is 1. The van der Waals surface area contributed by atoms with E-state index in [0.717, 1.165) is 19.3 Å². The summed E-state index contributed by atoms with van der Waals surface area (Å²) < 4.78 is 0. The Morgan fingerprint density at radius 3 is 2.25 bits per heavy atom. The van der Waals surface area contributed by atoms with Crippen LogP contribution in [0, 0.1) is 0 Å². The molecule has 1 rings (SSSR count). The third-order valence-electron chi connectivity index (χ3n) is 2.14. The molecule has 0 bridgehead atoms. The van der Waals surface area contributed by atoms with Crippen molar-refractivity contribution in [2.24, 2.45) is 0 Å². The van der Waals surface area contributed by atoms with Crippen molar-refractivity contribution in [3.63, 3.8) is 0 Å². The van der Waals surface area contributed by atoms with E-state index in [9.17, 15) is 5.11 Å². The van der Waals surface area contributed by atoms with Crippen LogP contribution in [0.25, 0.3) is 0 Å². The number of nitrogens with zero attached hydrogens (tertiary/aromatic N) is 4. The molecule has 0 atom stereocenters. The molecule has 0 aliphatic carbocycles. The number of nitrogens with two attached hydrogens (primary N) is 2. The first kappa shape index (κ1) is 12.4. The lowest BCUT2D eigenvalue weighted by molar-refractivity contribution is 0.287. The third kappa shape index (κ3) is 3.50. The van der Waals surface area contributed by atoms with Gasteiger partial charge in [0.2, 0.25) is 17.8 Å². The fourth-order valence-corrected chi connectivity index (χ4v) is 1.33. The lowest BCUT2D eigenvalue weighted by Gasteiger charge is -2.19. The molecule has 0 saturated carbocycles. The van der Waals surface area contributed by atoms with Gasteiger partial charge in [-0.1, -0.05) is 19.8 Å². The Bertz CT molecular complexity index is 312. The van der Waals surface area contributed by atoms with E-state index in [4.69, 9.17) is 11.5 Å². The van der Waals surface area contributed by atoms with E-state index in [1.165, 1.54) is 0 Å². The molecule has 1 aromatic heterocycles. The molecular weight excluding hydrogens is 208 g/mol. The first-order valence-corrected chi connectivity index (χ1v) is 5.30. The van der Waals surface area contributed by atoms with Crippen LogP contribution < -0.4 is 16.4 Å². The van der Waals surface area contributed by atoms with Crippen LogP contribution in [-0.2, 0) is 0 Å². The van der Waals surface area contributed by atoms with E-state index >= 15 is 0 Å². The van der Waals surface area contributed by atoms with Crippen LogP contribution in [0.3, 0.4) is 0 Å². The zero-order valence-corrected chi connectivity index (χ0v) is 9.43. The largest absolute Gasteiger partial charge is 0.376 e. The minimum absolute atomic E-state index is 0.0661. The molecule has 0 fully saturated rings. The molecule has 7 heteroatoms. The van der Waals surface area contributed by atoms with E-state index in [2.05, 4.69) is 21.9 Å². The Balaban J connectivity index is 2.70. The van der Waals surface area contributed by atoms with Crippen molar-refractivity contribution in [3.8, 4) is 0 Å². The smallest absolute Gasteiger partial charge is 0.233 e. The first-order valence-electron chi connectivity index (χ1n) is 5.30. The number of nitrogen functional groups attached to an aromatic ring is 2. The zero-order chi connectivity index (χ0) is 12.0. The van der Waals surface area contributed by atoms with Crippen molar-refractivity contribution in [3.05, 3.63) is 0 Å². The highest BCUT2D eigenvalue weighted by atomic mass is 16.3. The highest BCUT2D eigenvalue weighted by molar-refractivity contribution is 5.39. The highest BCUT2D eigenvalue weighted by Gasteiger charge is 2.10. The SMILES string of the molecule is CCCCCN(CO)c1nc(N)nc(N)n1. The molecule has 0 unspecified atom stereocenters. The van der Waals surface area contributed by atoms with Crippen LogP contribution in [0.1, 0.15) is 26.2 Å². The summed E-state index contributed by atoms with van der Waals surface area (Å²) in [5, 5.41) is 9.20. The van der Waals surface area contributed by atoms with Crippen molar-refractivity contribution in [1.29, 1.82) is 0 Å². The van der Waals surface area contributed by atoms with Crippen LogP contribution in [0.15, 0.2) is 0 Å². The van der Waals surface area contributed by atoms with Crippen LogP contribution in [0.4, 0.5) is 17.8 Å². The van der Waals surface area contributed by atoms with Crippen LogP contribution in [-0.4, -0.2) is 33.3 Å². The predicted octanol–water partition coefficient (Wildman–Crippen LogP) is -0.0176. The maximum absolute atomic E-state index is 9.20. The van der Waals surface area contributed by atoms with Crippen molar-refractivity contribution in [2.75, 3.05) is 29.6 Å². The second-order valence-electron chi connectivity index (χ2n) is 3.46. The van der Waals surface area contributed by atoms with Crippen molar-refractivity contribution in [2.45, 2.75) is 26.2 Å². The van der Waals surface area contributed by atoms with E-state index in [-0.39, 0.29) is 18.6 Å². The number of rotatable bonds is 6. The van der Waals surface area contributed by atoms with Gasteiger partial charge < -0.3 is 21.5 Å². The fourth-order valence-electron chi connectivity index (χ4n) is 1.33. The van der Waals surface area contributed by atoms with Crippen molar-refractivity contribution >= 4 is 17.8 Å². The quantitative estimate of drug-likeness (QED) is 0.461. The normalized spacial score (nSPS) is 10.4. The Labute approximate surface area is 94.5 Å². The maximum Gasteiger partial charge on any atom is 0.233 e. The molecule has 0 saturated heterocycles. The van der Waals surface area contributed by atoms with E-state index in [1.54, 1.807) is 4.90 Å². The second kappa shape index (κ2) is 6.06. The van der Waals surface area contributed by atoms with Gasteiger partial charge in [0.1, 0.15) is 6.73 Å². The van der Waals surface area contributed by atoms with Gasteiger partial charge in [0.15, 0.2) is 0 Å². The topological polar surface area (TPSA) is 114 Å². The van der Waals surface area contributed by atoms with Crippen LogP contribution in [0.5, 0.6) is 0 Å². The Morgan fingerprint density at radius 2 is 1.75 bits per heavy atom. The minimum atomic E-state index is -0.160. The summed E-state index contributed by atoms with van der Waals surface area (Å²) in [6.07, 6.45) is 3.16. The molecule has 0 aromatic carbocycles. The van der Waals surface area contributed by atoms with Gasteiger partial charge in [-0.2, -0.15) is 15.0 Å². The molecule has 16 heavy (non-hydrogen) atoms. The van der Waals surface area contributed by atoms with Crippen molar-refractivity contribution < 1.29 is 5.11 Å². The van der Waals surface area contributed by atoms with E-state index < -0.39 is 0 Å². The van der Waals surface area contributed by atoms with Gasteiger partial charge in [0, 0.05) is 6.54 Å². The lowest BCUT2D eigenvalue weighted by atomic mass is 10.2. The summed E-state index contributed by atoms with van der Waals surface area (Å²) in [6.45, 7) is 2.63. The molecule has 90 valence electrons. The van der Waals surface area contributed by atoms with Crippen LogP contribution in [0.2, 0.25) is 0 Å². The number of unbranched alkanes of at least 4 members (excludes halogenated alkanes) is 2. The number of hydrogen-bond acceptors (Lipinski definition) is 7. The Kier molecular flexibility index (Phi) is 4.71. The number of hydrogen-bond donors (Lipinski definition) is 3. The lowest BCUT2D eigenvalue weighted by Crippen LogP contribution is -2.28. The van der Waals surface area contributed by atoms with Gasteiger partial charge >= 0.3 is 0 Å². The number of anilines is 3. The van der Waals surface area contributed by atoms with E-state index in [0.29, 0.717) is 12.5 Å². The predicted molar refractivity (Wildman–Crippen MR) is 62.6 cm³/mol. The fraction of sp³-hybridized carbons (Fsp3) is 0.667. The van der Waals surface area contributed by atoms with Gasteiger partial charge in [0.25, 0.3) is 0 Å². The second-order valence-corrected chi connectivity index (χ2v) is 3.46. The molecule has 1 aromatic rings. The summed E-state index contributed by atoms with van der Waals surface area (Å²) in [7, 11) is 0. The minimum Gasteiger partial charge on any atom is -0.376 e. The van der Waals surface area contributed by atoms with Gasteiger partial charge in [-0.25, -0.2) is 0 Å². The standard InChI is InChI=1S/C9H18N6O/c1-2-3-4-5-15(6-16)9-13-7(10)12-8(11)14-9/h16H,2-6H2,1H3,(H4,10,11,12,13,14). The third-order valence-corrected chi connectivity index (χ3v) is 2.14. The first-order chi connectivity index (χ1) is 7.67. The molecule has 5 N–H and O–H groups in total. The molecule has 0 aliphatic rings. The molecule has 7 nitrogen and oxygen atoms in total. The molecule has 0 amide bonds. The molecule has 0 spiro atoms.